The summed E-state index contributed by atoms with van der Waals surface area (Å²) in [6.45, 7) is 8.01. The quantitative estimate of drug-likeness (QED) is 0.655. The maximum absolute atomic E-state index is 13.2. The Bertz CT molecular complexity index is 1070. The van der Waals surface area contributed by atoms with Gasteiger partial charge in [-0.3, -0.25) is 14.6 Å². The third kappa shape index (κ3) is 3.53. The van der Waals surface area contributed by atoms with Crippen LogP contribution in [0.15, 0.2) is 57.1 Å². The first kappa shape index (κ1) is 20.3. The Kier molecular flexibility index (Phi) is 5.00. The van der Waals surface area contributed by atoms with E-state index in [1.54, 1.807) is 0 Å². The Morgan fingerprint density at radius 1 is 1.10 bits per heavy atom. The van der Waals surface area contributed by atoms with Gasteiger partial charge in [0.15, 0.2) is 5.78 Å². The van der Waals surface area contributed by atoms with E-state index in [0.717, 1.165) is 11.3 Å². The van der Waals surface area contributed by atoms with Crippen molar-refractivity contribution in [3.05, 3.63) is 59.0 Å². The second-order valence-corrected chi connectivity index (χ2v) is 9.10. The summed E-state index contributed by atoms with van der Waals surface area (Å²) in [4.78, 5) is 30.6. The molecule has 4 rings (SSSR count). The molecule has 1 aromatic carbocycles. The second-order valence-electron chi connectivity index (χ2n) is 9.10. The van der Waals surface area contributed by atoms with Gasteiger partial charge in [0.25, 0.3) is 0 Å². The molecule has 2 aliphatic rings. The van der Waals surface area contributed by atoms with Gasteiger partial charge in [0, 0.05) is 29.0 Å². The fourth-order valence-corrected chi connectivity index (χ4v) is 4.58. The van der Waals surface area contributed by atoms with Crippen LogP contribution in [0.2, 0.25) is 0 Å². The van der Waals surface area contributed by atoms with Crippen LogP contribution in [0.25, 0.3) is 11.3 Å². The predicted molar refractivity (Wildman–Crippen MR) is 115 cm³/mol. The number of ketones is 1. The molecule has 156 valence electrons. The Morgan fingerprint density at radius 3 is 2.47 bits per heavy atom. The number of ether oxygens (including phenoxy) is 1. The number of Topliss-reactive ketones (excluding diaryl/α,β-unsaturated/α-hetero) is 1. The zero-order valence-electron chi connectivity index (χ0n) is 18.1. The van der Waals surface area contributed by atoms with E-state index >= 15 is 0 Å². The van der Waals surface area contributed by atoms with Crippen molar-refractivity contribution >= 4 is 17.5 Å². The molecule has 1 aliphatic heterocycles. The molecule has 0 spiro atoms. The van der Waals surface area contributed by atoms with E-state index in [9.17, 15) is 9.59 Å². The number of aryl methyl sites for hydroxylation is 1. The molecule has 5 heteroatoms. The number of aliphatic imine (C=N–C) groups is 1. The number of benzene rings is 1. The van der Waals surface area contributed by atoms with Gasteiger partial charge in [-0.25, -0.2) is 0 Å². The van der Waals surface area contributed by atoms with Gasteiger partial charge >= 0.3 is 5.97 Å². The van der Waals surface area contributed by atoms with Gasteiger partial charge in [0.1, 0.15) is 17.4 Å². The molecule has 5 nitrogen and oxygen atoms in total. The van der Waals surface area contributed by atoms with Crippen molar-refractivity contribution in [2.45, 2.75) is 46.5 Å². The van der Waals surface area contributed by atoms with Crippen LogP contribution < -0.4 is 0 Å². The van der Waals surface area contributed by atoms with Crippen molar-refractivity contribution in [1.29, 1.82) is 0 Å². The fourth-order valence-electron chi connectivity index (χ4n) is 4.58. The summed E-state index contributed by atoms with van der Waals surface area (Å²) < 4.78 is 11.3. The van der Waals surface area contributed by atoms with Gasteiger partial charge in [-0.1, -0.05) is 43.7 Å². The smallest absolute Gasteiger partial charge is 0.315 e. The SMILES string of the molecule is COC(=O)C1C(C)=NC2=C(C(=O)CC(C)(C)C2)C1c1ccc(-c2ccc(C)cc2)o1. The molecular formula is C25H27NO4. The summed E-state index contributed by atoms with van der Waals surface area (Å²) in [5.41, 5.74) is 3.99. The van der Waals surface area contributed by atoms with Crippen LogP contribution in [-0.4, -0.2) is 24.6 Å². The van der Waals surface area contributed by atoms with E-state index in [0.29, 0.717) is 35.6 Å². The standard InChI is InChI=1S/C25H27NO4/c1-14-6-8-16(9-7-14)19-10-11-20(30-19)23-21(24(28)29-5)15(2)26-17-12-25(3,4)13-18(27)22(17)23/h6-11,21,23H,12-13H2,1-5H3. The molecule has 0 radical (unpaired) electrons. The highest BCUT2D eigenvalue weighted by Gasteiger charge is 2.47. The van der Waals surface area contributed by atoms with Gasteiger partial charge in [-0.2, -0.15) is 0 Å². The number of methoxy groups -OCH3 is 1. The van der Waals surface area contributed by atoms with Gasteiger partial charge in [-0.15, -0.1) is 0 Å². The Labute approximate surface area is 176 Å². The largest absolute Gasteiger partial charge is 0.468 e. The number of esters is 1. The molecule has 0 fully saturated rings. The molecule has 0 N–H and O–H groups in total. The van der Waals surface area contributed by atoms with Crippen molar-refractivity contribution in [2.75, 3.05) is 7.11 Å². The van der Waals surface area contributed by atoms with Gasteiger partial charge in [0.05, 0.1) is 13.0 Å². The summed E-state index contributed by atoms with van der Waals surface area (Å²) in [5, 5.41) is 0. The molecule has 0 saturated heterocycles. The Morgan fingerprint density at radius 2 is 1.80 bits per heavy atom. The van der Waals surface area contributed by atoms with Crippen molar-refractivity contribution in [3.8, 4) is 11.3 Å². The van der Waals surface area contributed by atoms with E-state index in [-0.39, 0.29) is 11.2 Å². The molecule has 30 heavy (non-hydrogen) atoms. The number of carbonyl (C=O) groups is 2. The molecule has 2 unspecified atom stereocenters. The lowest BCUT2D eigenvalue weighted by Crippen LogP contribution is -2.39. The van der Waals surface area contributed by atoms with Gasteiger partial charge in [-0.05, 0) is 37.8 Å². The van der Waals surface area contributed by atoms with Crippen molar-refractivity contribution in [1.82, 2.24) is 0 Å². The topological polar surface area (TPSA) is 68.9 Å². The van der Waals surface area contributed by atoms with Crippen LogP contribution in [0.1, 0.15) is 50.9 Å². The van der Waals surface area contributed by atoms with Crippen LogP contribution in [0.4, 0.5) is 0 Å². The number of carbonyl (C=O) groups excluding carboxylic acids is 2. The fraction of sp³-hybridized carbons (Fsp3) is 0.400. The lowest BCUT2D eigenvalue weighted by Gasteiger charge is -2.37. The lowest BCUT2D eigenvalue weighted by molar-refractivity contribution is -0.143. The third-order valence-electron chi connectivity index (χ3n) is 6.03. The van der Waals surface area contributed by atoms with E-state index in [1.807, 2.05) is 50.2 Å². The summed E-state index contributed by atoms with van der Waals surface area (Å²) in [7, 11) is 1.36. The van der Waals surface area contributed by atoms with Crippen LogP contribution in [0.5, 0.6) is 0 Å². The lowest BCUT2D eigenvalue weighted by atomic mass is 9.68. The van der Waals surface area contributed by atoms with Crippen molar-refractivity contribution < 1.29 is 18.7 Å². The molecular weight excluding hydrogens is 378 g/mol. The normalized spacial score (nSPS) is 23.1. The first-order chi connectivity index (χ1) is 14.2. The molecule has 1 aliphatic carbocycles. The maximum Gasteiger partial charge on any atom is 0.315 e. The van der Waals surface area contributed by atoms with Crippen LogP contribution in [0.3, 0.4) is 0 Å². The number of nitrogens with zero attached hydrogens (tertiary/aromatic N) is 1. The zero-order valence-corrected chi connectivity index (χ0v) is 18.1. The van der Waals surface area contributed by atoms with E-state index in [1.165, 1.54) is 12.7 Å². The van der Waals surface area contributed by atoms with E-state index in [2.05, 4.69) is 18.8 Å². The molecule has 0 saturated carbocycles. The van der Waals surface area contributed by atoms with E-state index in [4.69, 9.17) is 9.15 Å². The number of hydrogen-bond donors (Lipinski definition) is 0. The summed E-state index contributed by atoms with van der Waals surface area (Å²) in [6.07, 6.45) is 1.12. The van der Waals surface area contributed by atoms with Gasteiger partial charge < -0.3 is 9.15 Å². The minimum absolute atomic E-state index is 0.0321. The average molecular weight is 405 g/mol. The Hall–Kier alpha value is -2.95. The maximum atomic E-state index is 13.2. The van der Waals surface area contributed by atoms with Crippen LogP contribution in [-0.2, 0) is 14.3 Å². The van der Waals surface area contributed by atoms with Crippen LogP contribution >= 0.6 is 0 Å². The molecule has 0 amide bonds. The Balaban J connectivity index is 1.83. The van der Waals surface area contributed by atoms with Crippen molar-refractivity contribution in [2.24, 2.45) is 16.3 Å². The van der Waals surface area contributed by atoms with Crippen LogP contribution in [0, 0.1) is 18.3 Å². The highest BCUT2D eigenvalue weighted by molar-refractivity contribution is 6.08. The number of allylic oxidation sites excluding steroid dienone is 2. The summed E-state index contributed by atoms with van der Waals surface area (Å²) in [5.74, 6) is -0.262. The average Bonchev–Trinajstić information content (AvgIpc) is 3.15. The summed E-state index contributed by atoms with van der Waals surface area (Å²) in [6, 6.07) is 11.8. The number of rotatable bonds is 3. The highest BCUT2D eigenvalue weighted by Crippen LogP contribution is 2.48. The number of hydrogen-bond acceptors (Lipinski definition) is 5. The molecule has 2 aromatic rings. The zero-order chi connectivity index (χ0) is 21.6. The molecule has 1 aromatic heterocycles. The second kappa shape index (κ2) is 7.38. The third-order valence-corrected chi connectivity index (χ3v) is 6.03. The monoisotopic (exact) mass is 405 g/mol. The minimum Gasteiger partial charge on any atom is -0.468 e. The van der Waals surface area contributed by atoms with Crippen molar-refractivity contribution in [3.63, 3.8) is 0 Å². The first-order valence-electron chi connectivity index (χ1n) is 10.3. The highest BCUT2D eigenvalue weighted by atomic mass is 16.5. The number of furan rings is 1. The minimum atomic E-state index is -0.670. The predicted octanol–water partition coefficient (Wildman–Crippen LogP) is 5.25. The molecule has 2 atom stereocenters. The molecule has 0 bridgehead atoms. The molecule has 2 heterocycles. The van der Waals surface area contributed by atoms with Gasteiger partial charge in [0.2, 0.25) is 0 Å². The first-order valence-corrected chi connectivity index (χ1v) is 10.3. The summed E-state index contributed by atoms with van der Waals surface area (Å²) >= 11 is 0. The van der Waals surface area contributed by atoms with E-state index < -0.39 is 17.8 Å².